The second-order valence-corrected chi connectivity index (χ2v) is 9.98. The molecule has 0 atom stereocenters. The van der Waals surface area contributed by atoms with Crippen molar-refractivity contribution in [2.45, 2.75) is 26.4 Å². The predicted octanol–water partition coefficient (Wildman–Crippen LogP) is 3.99. The van der Waals surface area contributed by atoms with Crippen molar-refractivity contribution >= 4 is 48.1 Å². The van der Waals surface area contributed by atoms with Gasteiger partial charge in [-0.1, -0.05) is 37.3 Å². The second-order valence-electron chi connectivity index (χ2n) is 9.57. The molecule has 1 heterocycles. The molecule has 11 nitrogen and oxygen atoms in total. The molecule has 3 amide bonds. The number of rotatable bonds is 13. The first-order valence-electron chi connectivity index (χ1n) is 13.9. The number of anilines is 1. The number of allylic oxidation sites excluding steroid dienone is 4. The molecule has 0 aliphatic carbocycles. The number of carbonyl (C=O) groups is 3. The third-order valence-corrected chi connectivity index (χ3v) is 6.99. The van der Waals surface area contributed by atoms with Crippen LogP contribution >= 0.6 is 11.6 Å². The molecule has 45 heavy (non-hydrogen) atoms. The number of hydrazone groups is 1. The van der Waals surface area contributed by atoms with Gasteiger partial charge in [-0.05, 0) is 37.6 Å². The summed E-state index contributed by atoms with van der Waals surface area (Å²) >= 11 is 5.96. The van der Waals surface area contributed by atoms with Crippen LogP contribution in [0.2, 0.25) is 5.02 Å². The van der Waals surface area contributed by atoms with Crippen LogP contribution in [-0.2, 0) is 20.6 Å². The van der Waals surface area contributed by atoms with Crippen LogP contribution in [0.5, 0.6) is 0 Å². The van der Waals surface area contributed by atoms with Gasteiger partial charge in [0.15, 0.2) is 0 Å². The van der Waals surface area contributed by atoms with Crippen LogP contribution in [0.15, 0.2) is 75.8 Å². The van der Waals surface area contributed by atoms with Crippen LogP contribution in [-0.4, -0.2) is 92.4 Å². The first-order valence-corrected chi connectivity index (χ1v) is 14.3. The maximum absolute atomic E-state index is 13.8. The number of nitrogens with one attached hydrogen (secondary N) is 3. The molecule has 2 rings (SSSR count). The first kappa shape index (κ1) is 36.6. The van der Waals surface area contributed by atoms with Gasteiger partial charge in [0, 0.05) is 58.4 Å². The SMILES string of the molecule is C=NN(CC(=O)Nc1ccc(C(F)(F)F)cc1Cl)C(=O)/C(=C(/CC)NC)N1CCN(C(=O)/C(=C/C=C\C)C(=C)NC=NC)CC1. The number of halogens is 4. The van der Waals surface area contributed by atoms with Gasteiger partial charge in [0.25, 0.3) is 11.8 Å². The van der Waals surface area contributed by atoms with E-state index in [0.717, 1.165) is 17.1 Å². The summed E-state index contributed by atoms with van der Waals surface area (Å²) in [6, 6.07) is 2.51. The molecule has 1 saturated heterocycles. The fourth-order valence-electron chi connectivity index (χ4n) is 4.36. The minimum Gasteiger partial charge on any atom is -0.390 e. The number of aliphatic imine (C=N–C) groups is 1. The van der Waals surface area contributed by atoms with Gasteiger partial charge in [-0.25, -0.2) is 5.01 Å². The topological polar surface area (TPSA) is 122 Å². The van der Waals surface area contributed by atoms with Crippen molar-refractivity contribution in [3.05, 3.63) is 76.3 Å². The minimum absolute atomic E-state index is 0.0603. The molecule has 0 saturated carbocycles. The largest absolute Gasteiger partial charge is 0.416 e. The molecular weight excluding hydrogens is 613 g/mol. The maximum Gasteiger partial charge on any atom is 0.416 e. The van der Waals surface area contributed by atoms with Gasteiger partial charge >= 0.3 is 6.18 Å². The minimum atomic E-state index is -4.60. The van der Waals surface area contributed by atoms with Crippen molar-refractivity contribution in [3.8, 4) is 0 Å². The Morgan fingerprint density at radius 2 is 1.80 bits per heavy atom. The van der Waals surface area contributed by atoms with Gasteiger partial charge in [0.05, 0.1) is 28.2 Å². The number of carbonyl (C=O) groups excluding carboxylic acids is 3. The van der Waals surface area contributed by atoms with Crippen molar-refractivity contribution in [2.75, 3.05) is 52.1 Å². The van der Waals surface area contributed by atoms with E-state index in [1.54, 1.807) is 42.1 Å². The van der Waals surface area contributed by atoms with Gasteiger partial charge < -0.3 is 25.8 Å². The Morgan fingerprint density at radius 1 is 1.16 bits per heavy atom. The van der Waals surface area contributed by atoms with Gasteiger partial charge in [-0.2, -0.15) is 18.3 Å². The van der Waals surface area contributed by atoms with E-state index in [-0.39, 0.29) is 35.4 Å². The second kappa shape index (κ2) is 17.0. The van der Waals surface area contributed by atoms with E-state index in [1.165, 1.54) is 6.34 Å². The number of alkyl halides is 3. The van der Waals surface area contributed by atoms with E-state index in [9.17, 15) is 27.6 Å². The smallest absolute Gasteiger partial charge is 0.390 e. The fourth-order valence-corrected chi connectivity index (χ4v) is 4.59. The lowest BCUT2D eigenvalue weighted by Crippen LogP contribution is -2.51. The molecule has 1 fully saturated rings. The molecule has 1 aliphatic rings. The Hall–Kier alpha value is -4.59. The fraction of sp³-hybridized carbons (Fsp3) is 0.367. The molecule has 0 aromatic heterocycles. The zero-order valence-corrected chi connectivity index (χ0v) is 26.4. The van der Waals surface area contributed by atoms with Gasteiger partial charge in [-0.3, -0.25) is 19.4 Å². The quantitative estimate of drug-likeness (QED) is 0.0976. The van der Waals surface area contributed by atoms with Crippen molar-refractivity contribution in [3.63, 3.8) is 0 Å². The summed E-state index contributed by atoms with van der Waals surface area (Å²) in [5.41, 5.74) is 0.533. The lowest BCUT2D eigenvalue weighted by Gasteiger charge is -2.38. The highest BCUT2D eigenvalue weighted by molar-refractivity contribution is 6.33. The molecule has 1 aromatic carbocycles. The maximum atomic E-state index is 13.8. The Morgan fingerprint density at radius 3 is 2.31 bits per heavy atom. The summed E-state index contributed by atoms with van der Waals surface area (Å²) in [4.78, 5) is 47.3. The Kier molecular flexibility index (Phi) is 13.9. The molecule has 15 heteroatoms. The summed E-state index contributed by atoms with van der Waals surface area (Å²) in [5.74, 6) is -1.63. The molecule has 0 radical (unpaired) electrons. The predicted molar refractivity (Wildman–Crippen MR) is 170 cm³/mol. The zero-order valence-electron chi connectivity index (χ0n) is 25.7. The number of piperazine rings is 1. The number of hydrogen-bond donors (Lipinski definition) is 3. The Bertz CT molecular complexity index is 1390. The highest BCUT2D eigenvalue weighted by Crippen LogP contribution is 2.33. The number of benzene rings is 1. The Labute approximate surface area is 265 Å². The van der Waals surface area contributed by atoms with E-state index in [1.807, 2.05) is 13.8 Å². The van der Waals surface area contributed by atoms with Crippen LogP contribution in [0.3, 0.4) is 0 Å². The van der Waals surface area contributed by atoms with Gasteiger partial charge in [0.2, 0.25) is 5.91 Å². The van der Waals surface area contributed by atoms with E-state index in [2.05, 4.69) is 39.3 Å². The normalized spacial score (nSPS) is 14.7. The van der Waals surface area contributed by atoms with Crippen LogP contribution < -0.4 is 16.0 Å². The molecule has 3 N–H and O–H groups in total. The van der Waals surface area contributed by atoms with Crippen molar-refractivity contribution < 1.29 is 27.6 Å². The average Bonchev–Trinajstić information content (AvgIpc) is 3.01. The molecule has 244 valence electrons. The lowest BCUT2D eigenvalue weighted by molar-refractivity contribution is -0.137. The first-order chi connectivity index (χ1) is 21.3. The highest BCUT2D eigenvalue weighted by Gasteiger charge is 2.33. The van der Waals surface area contributed by atoms with E-state index < -0.39 is 30.1 Å². The highest BCUT2D eigenvalue weighted by atomic mass is 35.5. The molecule has 1 aromatic rings. The van der Waals surface area contributed by atoms with Crippen LogP contribution in [0.25, 0.3) is 0 Å². The van der Waals surface area contributed by atoms with Gasteiger partial charge in [0.1, 0.15) is 12.2 Å². The molecule has 0 unspecified atom stereocenters. The summed E-state index contributed by atoms with van der Waals surface area (Å²) in [7, 11) is 3.25. The van der Waals surface area contributed by atoms with Crippen molar-refractivity contribution in [1.29, 1.82) is 0 Å². The summed E-state index contributed by atoms with van der Waals surface area (Å²) < 4.78 is 38.9. The molecule has 0 bridgehead atoms. The van der Waals surface area contributed by atoms with E-state index in [0.29, 0.717) is 42.5 Å². The number of amides is 3. The van der Waals surface area contributed by atoms with Crippen LogP contribution in [0.1, 0.15) is 25.8 Å². The van der Waals surface area contributed by atoms with E-state index >= 15 is 0 Å². The number of nitrogens with zero attached hydrogens (tertiary/aromatic N) is 5. The van der Waals surface area contributed by atoms with Crippen molar-refractivity contribution in [1.82, 2.24) is 25.4 Å². The molecule has 1 aliphatic heterocycles. The summed E-state index contributed by atoms with van der Waals surface area (Å²) in [5, 5.41) is 12.6. The Balaban J connectivity index is 2.22. The van der Waals surface area contributed by atoms with Gasteiger partial charge in [-0.15, -0.1) is 0 Å². The van der Waals surface area contributed by atoms with E-state index in [4.69, 9.17) is 11.6 Å². The summed E-state index contributed by atoms with van der Waals surface area (Å²) in [6.45, 7) is 11.6. The van der Waals surface area contributed by atoms with Crippen molar-refractivity contribution in [2.24, 2.45) is 10.1 Å². The monoisotopic (exact) mass is 650 g/mol. The van der Waals surface area contributed by atoms with Crippen LogP contribution in [0, 0.1) is 0 Å². The molecule has 0 spiro atoms. The molecular formula is C30H38ClF3N8O3. The number of hydrogen-bond acceptors (Lipinski definition) is 7. The average molecular weight is 651 g/mol. The lowest BCUT2D eigenvalue weighted by atomic mass is 10.1. The standard InChI is InChI=1S/C30H38ClF3N8O3/c1-7-9-10-22(20(3)38-19-35-4)28(44)41-15-13-40(14-16-41)27(24(8-2)36-5)29(45)42(37-6)18-26(43)39-25-12-11-21(17-23(25)31)30(32,33)34/h7,9-12,17,19,36H,3,6,8,13-16,18H2,1-2,4-5H3,(H,35,38)(H,39,43)/b9-7-,22-10+,27-24+. The zero-order chi connectivity index (χ0) is 33.7. The summed E-state index contributed by atoms with van der Waals surface area (Å²) in [6.07, 6.45) is 2.45. The third-order valence-electron chi connectivity index (χ3n) is 6.67. The third kappa shape index (κ3) is 9.96. The van der Waals surface area contributed by atoms with Crippen LogP contribution in [0.4, 0.5) is 18.9 Å².